The first-order valence-corrected chi connectivity index (χ1v) is 5.82. The van der Waals surface area contributed by atoms with E-state index in [4.69, 9.17) is 5.73 Å². The van der Waals surface area contributed by atoms with Gasteiger partial charge in [-0.1, -0.05) is 0 Å². The van der Waals surface area contributed by atoms with Crippen molar-refractivity contribution in [1.29, 1.82) is 0 Å². The Hall–Kier alpha value is -0.870. The van der Waals surface area contributed by atoms with Gasteiger partial charge in [0.15, 0.2) is 0 Å². The number of hydrogen-bond donors (Lipinski definition) is 1. The van der Waals surface area contributed by atoms with E-state index in [-0.39, 0.29) is 0 Å². The number of nitrogens with zero attached hydrogens (tertiary/aromatic N) is 3. The third-order valence-electron chi connectivity index (χ3n) is 3.11. The number of rotatable bonds is 4. The van der Waals surface area contributed by atoms with Crippen LogP contribution in [0.4, 0.5) is 0 Å². The summed E-state index contributed by atoms with van der Waals surface area (Å²) in [4.78, 5) is 2.45. The first-order chi connectivity index (χ1) is 7.35. The van der Waals surface area contributed by atoms with E-state index in [2.05, 4.69) is 29.2 Å². The van der Waals surface area contributed by atoms with Gasteiger partial charge in [0.1, 0.15) is 0 Å². The third kappa shape index (κ3) is 2.21. The molecule has 4 heteroatoms. The highest BCUT2D eigenvalue weighted by atomic mass is 15.3. The highest BCUT2D eigenvalue weighted by Gasteiger charge is 2.26. The van der Waals surface area contributed by atoms with Crippen molar-refractivity contribution in [3.8, 4) is 0 Å². The summed E-state index contributed by atoms with van der Waals surface area (Å²) in [6, 6.07) is 2.64. The van der Waals surface area contributed by atoms with Crippen LogP contribution in [0.1, 0.15) is 31.5 Å². The van der Waals surface area contributed by atoms with Crippen LogP contribution in [0, 0.1) is 0 Å². The monoisotopic (exact) mass is 208 g/mol. The molecular formula is C11H20N4. The molecule has 1 saturated heterocycles. The van der Waals surface area contributed by atoms with E-state index in [1.807, 2.05) is 4.68 Å². The molecule has 1 aliphatic rings. The Kier molecular flexibility index (Phi) is 3.38. The molecule has 0 aromatic carbocycles. The third-order valence-corrected chi connectivity index (χ3v) is 3.11. The highest BCUT2D eigenvalue weighted by molar-refractivity contribution is 5.07. The molecule has 2 rings (SSSR count). The summed E-state index contributed by atoms with van der Waals surface area (Å²) in [5.41, 5.74) is 6.82. The van der Waals surface area contributed by atoms with Crippen molar-refractivity contribution in [1.82, 2.24) is 14.7 Å². The largest absolute Gasteiger partial charge is 0.329 e. The lowest BCUT2D eigenvalue weighted by molar-refractivity contribution is 0.259. The van der Waals surface area contributed by atoms with Crippen molar-refractivity contribution in [2.75, 3.05) is 19.6 Å². The lowest BCUT2D eigenvalue weighted by atomic mass is 10.1. The quantitative estimate of drug-likeness (QED) is 0.803. The topological polar surface area (TPSA) is 47.1 Å². The van der Waals surface area contributed by atoms with Crippen LogP contribution in [0.2, 0.25) is 0 Å². The maximum Gasteiger partial charge on any atom is 0.0796 e. The second-order valence-corrected chi connectivity index (χ2v) is 4.08. The Morgan fingerprint density at radius 3 is 3.13 bits per heavy atom. The average molecular weight is 208 g/mol. The van der Waals surface area contributed by atoms with Gasteiger partial charge in [0, 0.05) is 25.8 Å². The first-order valence-electron chi connectivity index (χ1n) is 5.82. The fraction of sp³-hybridized carbons (Fsp3) is 0.727. The lowest BCUT2D eigenvalue weighted by Crippen LogP contribution is -2.29. The van der Waals surface area contributed by atoms with E-state index < -0.39 is 0 Å². The molecule has 84 valence electrons. The summed E-state index contributed by atoms with van der Waals surface area (Å²) in [7, 11) is 0. The van der Waals surface area contributed by atoms with Crippen LogP contribution in [-0.2, 0) is 6.54 Å². The summed E-state index contributed by atoms with van der Waals surface area (Å²) in [5, 5.41) is 4.58. The summed E-state index contributed by atoms with van der Waals surface area (Å²) in [6.45, 7) is 5.96. The number of likely N-dealkylation sites (tertiary alicyclic amines) is 1. The lowest BCUT2D eigenvalue weighted by Gasteiger charge is -2.21. The predicted octanol–water partition coefficient (Wildman–Crippen LogP) is 0.999. The van der Waals surface area contributed by atoms with Crippen LogP contribution in [0.3, 0.4) is 0 Å². The smallest absolute Gasteiger partial charge is 0.0796 e. The van der Waals surface area contributed by atoms with E-state index in [1.165, 1.54) is 25.1 Å². The number of hydrogen-bond acceptors (Lipinski definition) is 3. The SMILES string of the molecule is CCn1ccc([C@@H]2CCCN2CCN)n1. The Bertz CT molecular complexity index is 307. The van der Waals surface area contributed by atoms with Crippen LogP contribution in [0.25, 0.3) is 0 Å². The van der Waals surface area contributed by atoms with Gasteiger partial charge < -0.3 is 5.73 Å². The average Bonchev–Trinajstić information content (AvgIpc) is 2.85. The van der Waals surface area contributed by atoms with E-state index in [1.54, 1.807) is 0 Å². The molecule has 1 aromatic rings. The molecule has 0 bridgehead atoms. The molecule has 0 spiro atoms. The van der Waals surface area contributed by atoms with Crippen molar-refractivity contribution < 1.29 is 0 Å². The number of aryl methyl sites for hydroxylation is 1. The normalized spacial score (nSPS) is 22.4. The highest BCUT2D eigenvalue weighted by Crippen LogP contribution is 2.29. The minimum Gasteiger partial charge on any atom is -0.329 e. The number of aromatic nitrogens is 2. The molecule has 1 fully saturated rings. The molecular weight excluding hydrogens is 188 g/mol. The van der Waals surface area contributed by atoms with Gasteiger partial charge in [-0.25, -0.2) is 0 Å². The molecule has 2 heterocycles. The maximum absolute atomic E-state index is 5.61. The zero-order valence-corrected chi connectivity index (χ0v) is 9.39. The number of nitrogens with two attached hydrogens (primary N) is 1. The van der Waals surface area contributed by atoms with E-state index in [0.29, 0.717) is 6.04 Å². The first kappa shape index (κ1) is 10.6. The molecule has 0 aliphatic carbocycles. The van der Waals surface area contributed by atoms with Crippen LogP contribution in [-0.4, -0.2) is 34.3 Å². The maximum atomic E-state index is 5.61. The van der Waals surface area contributed by atoms with Crippen molar-refractivity contribution >= 4 is 0 Å². The Labute approximate surface area is 91.1 Å². The molecule has 0 radical (unpaired) electrons. The molecule has 1 aliphatic heterocycles. The van der Waals surface area contributed by atoms with Gasteiger partial charge in [-0.05, 0) is 32.4 Å². The zero-order chi connectivity index (χ0) is 10.7. The summed E-state index contributed by atoms with van der Waals surface area (Å²) < 4.78 is 1.99. The van der Waals surface area contributed by atoms with Gasteiger partial charge in [-0.2, -0.15) is 5.10 Å². The van der Waals surface area contributed by atoms with E-state index in [9.17, 15) is 0 Å². The summed E-state index contributed by atoms with van der Waals surface area (Å²) in [6.07, 6.45) is 4.55. The molecule has 1 atom stereocenters. The molecule has 4 nitrogen and oxygen atoms in total. The van der Waals surface area contributed by atoms with Crippen molar-refractivity contribution in [3.63, 3.8) is 0 Å². The van der Waals surface area contributed by atoms with Gasteiger partial charge >= 0.3 is 0 Å². The van der Waals surface area contributed by atoms with Gasteiger partial charge in [-0.3, -0.25) is 9.58 Å². The second-order valence-electron chi connectivity index (χ2n) is 4.08. The fourth-order valence-electron chi connectivity index (χ4n) is 2.33. The van der Waals surface area contributed by atoms with Crippen molar-refractivity contribution in [2.45, 2.75) is 32.4 Å². The van der Waals surface area contributed by atoms with E-state index >= 15 is 0 Å². The zero-order valence-electron chi connectivity index (χ0n) is 9.39. The standard InChI is InChI=1S/C11H20N4/c1-2-15-8-5-10(13-15)11-4-3-7-14(11)9-6-12/h5,8,11H,2-4,6-7,9,12H2,1H3/t11-/m0/s1. The molecule has 1 aromatic heterocycles. The fourth-order valence-corrected chi connectivity index (χ4v) is 2.33. The summed E-state index contributed by atoms with van der Waals surface area (Å²) >= 11 is 0. The van der Waals surface area contributed by atoms with Crippen LogP contribution >= 0.6 is 0 Å². The van der Waals surface area contributed by atoms with Gasteiger partial charge in [-0.15, -0.1) is 0 Å². The van der Waals surface area contributed by atoms with Gasteiger partial charge in [0.25, 0.3) is 0 Å². The van der Waals surface area contributed by atoms with Crippen LogP contribution in [0.5, 0.6) is 0 Å². The minimum absolute atomic E-state index is 0.501. The Morgan fingerprint density at radius 2 is 2.47 bits per heavy atom. The molecule has 0 amide bonds. The second kappa shape index (κ2) is 4.77. The Balaban J connectivity index is 2.08. The van der Waals surface area contributed by atoms with E-state index in [0.717, 1.165) is 19.6 Å². The molecule has 0 unspecified atom stereocenters. The minimum atomic E-state index is 0.501. The van der Waals surface area contributed by atoms with Crippen molar-refractivity contribution in [2.24, 2.45) is 5.73 Å². The summed E-state index contributed by atoms with van der Waals surface area (Å²) in [5.74, 6) is 0. The Morgan fingerprint density at radius 1 is 1.60 bits per heavy atom. The van der Waals surface area contributed by atoms with Gasteiger partial charge in [0.2, 0.25) is 0 Å². The predicted molar refractivity (Wildman–Crippen MR) is 60.5 cm³/mol. The van der Waals surface area contributed by atoms with Crippen molar-refractivity contribution in [3.05, 3.63) is 18.0 Å². The van der Waals surface area contributed by atoms with Gasteiger partial charge in [0.05, 0.1) is 11.7 Å². The van der Waals surface area contributed by atoms with Crippen LogP contribution in [0.15, 0.2) is 12.3 Å². The molecule has 15 heavy (non-hydrogen) atoms. The van der Waals surface area contributed by atoms with Crippen LogP contribution < -0.4 is 5.73 Å². The molecule has 0 saturated carbocycles. The molecule has 2 N–H and O–H groups in total.